The van der Waals surface area contributed by atoms with E-state index in [2.05, 4.69) is 5.32 Å². The molecule has 0 aromatic rings. The van der Waals surface area contributed by atoms with Crippen molar-refractivity contribution in [2.75, 3.05) is 26.7 Å². The Kier molecular flexibility index (Phi) is 6.41. The molecule has 1 N–H and O–H groups in total. The van der Waals surface area contributed by atoms with Gasteiger partial charge in [0, 0.05) is 20.0 Å². The van der Waals surface area contributed by atoms with E-state index in [0.717, 1.165) is 38.9 Å². The van der Waals surface area contributed by atoms with Crippen LogP contribution in [0.15, 0.2) is 0 Å². The summed E-state index contributed by atoms with van der Waals surface area (Å²) in [7, 11) is 1.93. The van der Waals surface area contributed by atoms with Gasteiger partial charge in [0.05, 0.1) is 0 Å². The third-order valence-electron chi connectivity index (χ3n) is 3.02. The van der Waals surface area contributed by atoms with Crippen LogP contribution in [0.2, 0.25) is 0 Å². The Morgan fingerprint density at radius 3 is 2.40 bits per heavy atom. The van der Waals surface area contributed by atoms with Crippen LogP contribution in [-0.4, -0.2) is 37.5 Å². The van der Waals surface area contributed by atoms with E-state index >= 15 is 0 Å². The Labute approximate surface area is 93.2 Å². The van der Waals surface area contributed by atoms with Gasteiger partial charge in [-0.25, -0.2) is 0 Å². The molecule has 1 saturated heterocycles. The summed E-state index contributed by atoms with van der Waals surface area (Å²) in [6.45, 7) is 3.18. The lowest BCUT2D eigenvalue weighted by molar-refractivity contribution is -0.130. The van der Waals surface area contributed by atoms with Gasteiger partial charge in [0.25, 0.3) is 0 Å². The molecule has 3 heteroatoms. The van der Waals surface area contributed by atoms with Crippen LogP contribution in [0.4, 0.5) is 0 Å². The maximum Gasteiger partial charge on any atom is 0.222 e. The summed E-state index contributed by atoms with van der Waals surface area (Å²) >= 11 is 0. The highest BCUT2D eigenvalue weighted by atomic mass is 16.2. The van der Waals surface area contributed by atoms with Crippen molar-refractivity contribution in [2.24, 2.45) is 0 Å². The topological polar surface area (TPSA) is 32.3 Å². The molecule has 1 aliphatic heterocycles. The summed E-state index contributed by atoms with van der Waals surface area (Å²) < 4.78 is 0. The average Bonchev–Trinajstić information content (AvgIpc) is 2.25. The van der Waals surface area contributed by atoms with Gasteiger partial charge in [-0.1, -0.05) is 12.8 Å². The Bertz CT molecular complexity index is 182. The number of rotatable bonds is 0. The fourth-order valence-corrected chi connectivity index (χ4v) is 1.92. The second-order valence-corrected chi connectivity index (χ2v) is 4.44. The number of hydrogen-bond donors (Lipinski definition) is 1. The highest BCUT2D eigenvalue weighted by molar-refractivity contribution is 5.75. The number of hydrogen-bond acceptors (Lipinski definition) is 2. The van der Waals surface area contributed by atoms with E-state index in [4.69, 9.17) is 0 Å². The van der Waals surface area contributed by atoms with E-state index in [9.17, 15) is 4.79 Å². The minimum atomic E-state index is 0.321. The average molecular weight is 212 g/mol. The van der Waals surface area contributed by atoms with Gasteiger partial charge in [0.1, 0.15) is 0 Å². The van der Waals surface area contributed by atoms with E-state index in [1.165, 1.54) is 25.7 Å². The summed E-state index contributed by atoms with van der Waals surface area (Å²) in [4.78, 5) is 13.5. The first-order valence-corrected chi connectivity index (χ1v) is 6.25. The quantitative estimate of drug-likeness (QED) is 0.664. The zero-order valence-electron chi connectivity index (χ0n) is 9.93. The summed E-state index contributed by atoms with van der Waals surface area (Å²) in [5, 5.41) is 3.45. The Hall–Kier alpha value is -0.570. The van der Waals surface area contributed by atoms with Crippen molar-refractivity contribution in [1.82, 2.24) is 10.2 Å². The van der Waals surface area contributed by atoms with Gasteiger partial charge < -0.3 is 10.2 Å². The van der Waals surface area contributed by atoms with Gasteiger partial charge in [-0.2, -0.15) is 0 Å². The van der Waals surface area contributed by atoms with Gasteiger partial charge in [0.15, 0.2) is 0 Å². The second kappa shape index (κ2) is 7.69. The van der Waals surface area contributed by atoms with Crippen molar-refractivity contribution in [3.63, 3.8) is 0 Å². The zero-order valence-corrected chi connectivity index (χ0v) is 9.93. The molecule has 1 fully saturated rings. The van der Waals surface area contributed by atoms with Crippen molar-refractivity contribution in [2.45, 2.75) is 44.9 Å². The monoisotopic (exact) mass is 212 g/mol. The van der Waals surface area contributed by atoms with Crippen LogP contribution < -0.4 is 5.32 Å². The molecule has 88 valence electrons. The first kappa shape index (κ1) is 12.5. The van der Waals surface area contributed by atoms with Gasteiger partial charge in [0.2, 0.25) is 5.91 Å². The molecule has 0 aromatic heterocycles. The van der Waals surface area contributed by atoms with Crippen LogP contribution in [0.3, 0.4) is 0 Å². The minimum absolute atomic E-state index is 0.321. The normalized spacial score (nSPS) is 22.7. The Morgan fingerprint density at radius 2 is 1.67 bits per heavy atom. The number of amides is 1. The molecule has 1 rings (SSSR count). The maximum absolute atomic E-state index is 11.6. The summed E-state index contributed by atoms with van der Waals surface area (Å²) in [6, 6.07) is 0. The molecule has 0 saturated carbocycles. The first-order valence-electron chi connectivity index (χ1n) is 6.25. The minimum Gasteiger partial charge on any atom is -0.346 e. The molecule has 0 bridgehead atoms. The standard InChI is InChI=1S/C12H24N2O/c1-14-11-7-3-6-10-13-9-5-2-4-8-12(14)15/h13H,2-11H2,1H3. The van der Waals surface area contributed by atoms with Gasteiger partial charge in [-0.05, 0) is 38.8 Å². The lowest BCUT2D eigenvalue weighted by atomic mass is 10.2. The lowest BCUT2D eigenvalue weighted by Gasteiger charge is -2.16. The highest BCUT2D eigenvalue weighted by Crippen LogP contribution is 2.05. The summed E-state index contributed by atoms with van der Waals surface area (Å²) in [5.41, 5.74) is 0. The fraction of sp³-hybridized carbons (Fsp3) is 0.917. The van der Waals surface area contributed by atoms with Crippen molar-refractivity contribution in [3.8, 4) is 0 Å². The lowest BCUT2D eigenvalue weighted by Crippen LogP contribution is -2.27. The predicted molar refractivity (Wildman–Crippen MR) is 62.8 cm³/mol. The van der Waals surface area contributed by atoms with E-state index in [-0.39, 0.29) is 0 Å². The highest BCUT2D eigenvalue weighted by Gasteiger charge is 2.07. The molecule has 0 aromatic carbocycles. The first-order chi connectivity index (χ1) is 7.30. The molecule has 1 heterocycles. The Balaban J connectivity index is 2.27. The Morgan fingerprint density at radius 1 is 1.00 bits per heavy atom. The number of nitrogens with one attached hydrogen (secondary N) is 1. The van der Waals surface area contributed by atoms with Gasteiger partial charge >= 0.3 is 0 Å². The van der Waals surface area contributed by atoms with Crippen LogP contribution >= 0.6 is 0 Å². The van der Waals surface area contributed by atoms with Crippen LogP contribution in [0.1, 0.15) is 44.9 Å². The maximum atomic E-state index is 11.6. The summed E-state index contributed by atoms with van der Waals surface area (Å²) in [6.07, 6.45) is 7.77. The SMILES string of the molecule is CN1CCCCCNCCCCCC1=O. The molecule has 0 aliphatic carbocycles. The fourth-order valence-electron chi connectivity index (χ4n) is 1.92. The molecule has 0 spiro atoms. The van der Waals surface area contributed by atoms with Crippen molar-refractivity contribution in [1.29, 1.82) is 0 Å². The van der Waals surface area contributed by atoms with Crippen molar-refractivity contribution >= 4 is 5.91 Å². The molecule has 0 atom stereocenters. The molecule has 0 radical (unpaired) electrons. The largest absolute Gasteiger partial charge is 0.346 e. The van der Waals surface area contributed by atoms with Gasteiger partial charge in [-0.15, -0.1) is 0 Å². The van der Waals surface area contributed by atoms with E-state index in [1.54, 1.807) is 0 Å². The number of nitrogens with zero attached hydrogens (tertiary/aromatic N) is 1. The number of carbonyl (C=O) groups is 1. The molecular formula is C12H24N2O. The van der Waals surface area contributed by atoms with Crippen LogP contribution in [0, 0.1) is 0 Å². The van der Waals surface area contributed by atoms with Crippen molar-refractivity contribution < 1.29 is 4.79 Å². The van der Waals surface area contributed by atoms with Crippen LogP contribution in [0.25, 0.3) is 0 Å². The second-order valence-electron chi connectivity index (χ2n) is 4.44. The number of carbonyl (C=O) groups excluding carboxylic acids is 1. The van der Waals surface area contributed by atoms with Crippen LogP contribution in [-0.2, 0) is 4.79 Å². The van der Waals surface area contributed by atoms with E-state index < -0.39 is 0 Å². The van der Waals surface area contributed by atoms with Gasteiger partial charge in [-0.3, -0.25) is 4.79 Å². The molecule has 1 amide bonds. The van der Waals surface area contributed by atoms with Crippen molar-refractivity contribution in [3.05, 3.63) is 0 Å². The molecule has 3 nitrogen and oxygen atoms in total. The third-order valence-corrected chi connectivity index (χ3v) is 3.02. The third kappa shape index (κ3) is 5.78. The van der Waals surface area contributed by atoms with E-state index in [0.29, 0.717) is 5.91 Å². The van der Waals surface area contributed by atoms with Crippen LogP contribution in [0.5, 0.6) is 0 Å². The molecule has 0 unspecified atom stereocenters. The predicted octanol–water partition coefficient (Wildman–Crippen LogP) is 1.78. The smallest absolute Gasteiger partial charge is 0.222 e. The summed E-state index contributed by atoms with van der Waals surface area (Å²) in [5.74, 6) is 0.321. The molecule has 1 aliphatic rings. The zero-order chi connectivity index (χ0) is 10.9. The molecular weight excluding hydrogens is 188 g/mol. The molecule has 15 heavy (non-hydrogen) atoms. The van der Waals surface area contributed by atoms with E-state index in [1.807, 2.05) is 11.9 Å².